The molecule has 0 fully saturated rings. The van der Waals surface area contributed by atoms with Crippen molar-refractivity contribution in [1.29, 1.82) is 0 Å². The quantitative estimate of drug-likeness (QED) is 0.661. The molecule has 106 valence electrons. The van der Waals surface area contributed by atoms with Crippen LogP contribution in [0.5, 0.6) is 11.5 Å². The molecule has 1 N–H and O–H groups in total. The number of ketones is 1. The minimum Gasteiger partial charge on any atom is -0.454 e. The van der Waals surface area contributed by atoms with Gasteiger partial charge in [-0.2, -0.15) is 0 Å². The van der Waals surface area contributed by atoms with Crippen molar-refractivity contribution in [3.8, 4) is 11.5 Å². The highest BCUT2D eigenvalue weighted by Crippen LogP contribution is 2.32. The number of hydrogen-bond donors (Lipinski definition) is 1. The standard InChI is InChI=1S/C11H11F2NO3.C2H6/c12-4-11(13)14-5-8(15)7-1-2-9-10(3-7)17-6-16-9;1-2/h1-3,11,14H,4-6H2;1-2H3. The number of rotatable bonds is 5. The lowest BCUT2D eigenvalue weighted by Crippen LogP contribution is -2.31. The van der Waals surface area contributed by atoms with Gasteiger partial charge >= 0.3 is 0 Å². The Bertz CT molecular complexity index is 426. The molecule has 0 aromatic heterocycles. The minimum atomic E-state index is -1.81. The van der Waals surface area contributed by atoms with Gasteiger partial charge in [0.1, 0.15) is 6.67 Å². The second kappa shape index (κ2) is 7.68. The summed E-state index contributed by atoms with van der Waals surface area (Å²) in [6, 6.07) is 4.69. The molecule has 1 unspecified atom stereocenters. The molecule has 19 heavy (non-hydrogen) atoms. The first-order chi connectivity index (χ1) is 9.20. The zero-order chi connectivity index (χ0) is 14.3. The van der Waals surface area contributed by atoms with Crippen molar-refractivity contribution < 1.29 is 23.0 Å². The predicted octanol–water partition coefficient (Wildman–Crippen LogP) is 2.48. The van der Waals surface area contributed by atoms with Crippen LogP contribution in [-0.2, 0) is 0 Å². The molecule has 0 spiro atoms. The highest BCUT2D eigenvalue weighted by Gasteiger charge is 2.16. The summed E-state index contributed by atoms with van der Waals surface area (Å²) in [5.74, 6) is 0.721. The summed E-state index contributed by atoms with van der Waals surface area (Å²) in [4.78, 5) is 11.6. The zero-order valence-corrected chi connectivity index (χ0v) is 10.9. The second-order valence-electron chi connectivity index (χ2n) is 3.49. The number of carbonyl (C=O) groups is 1. The fourth-order valence-electron chi connectivity index (χ4n) is 1.43. The highest BCUT2D eigenvalue weighted by atomic mass is 19.2. The van der Waals surface area contributed by atoms with E-state index in [1.165, 1.54) is 6.07 Å². The SMILES string of the molecule is CC.O=C(CNC(F)CF)c1ccc2c(c1)OCO2. The van der Waals surface area contributed by atoms with Crippen LogP contribution in [-0.4, -0.2) is 32.1 Å². The van der Waals surface area contributed by atoms with Crippen LogP contribution in [0.4, 0.5) is 8.78 Å². The Kier molecular flexibility index (Phi) is 6.21. The topological polar surface area (TPSA) is 47.6 Å². The minimum absolute atomic E-state index is 0.125. The lowest BCUT2D eigenvalue weighted by molar-refractivity contribution is 0.0968. The summed E-state index contributed by atoms with van der Waals surface area (Å²) in [5.41, 5.74) is 0.368. The van der Waals surface area contributed by atoms with Crippen LogP contribution in [0.15, 0.2) is 18.2 Å². The number of fused-ring (bicyclic) bond motifs is 1. The number of halogens is 2. The summed E-state index contributed by atoms with van der Waals surface area (Å²) in [7, 11) is 0. The Labute approximate surface area is 110 Å². The van der Waals surface area contributed by atoms with Gasteiger partial charge in [-0.15, -0.1) is 0 Å². The summed E-state index contributed by atoms with van der Waals surface area (Å²) < 4.78 is 34.6. The van der Waals surface area contributed by atoms with E-state index >= 15 is 0 Å². The molecular weight excluding hydrogens is 256 g/mol. The number of hydrogen-bond acceptors (Lipinski definition) is 4. The molecule has 0 saturated carbocycles. The number of alkyl halides is 2. The van der Waals surface area contributed by atoms with Gasteiger partial charge in [-0.25, -0.2) is 8.78 Å². The van der Waals surface area contributed by atoms with Crippen molar-refractivity contribution in [3.05, 3.63) is 23.8 Å². The van der Waals surface area contributed by atoms with Crippen LogP contribution in [0.3, 0.4) is 0 Å². The number of benzene rings is 1. The summed E-state index contributed by atoms with van der Waals surface area (Å²) >= 11 is 0. The maximum absolute atomic E-state index is 12.5. The van der Waals surface area contributed by atoms with Gasteiger partial charge in [-0.1, -0.05) is 13.8 Å². The van der Waals surface area contributed by atoms with E-state index in [4.69, 9.17) is 9.47 Å². The van der Waals surface area contributed by atoms with Crippen LogP contribution >= 0.6 is 0 Å². The summed E-state index contributed by atoms with van der Waals surface area (Å²) in [5, 5.41) is 2.13. The van der Waals surface area contributed by atoms with Crippen LogP contribution < -0.4 is 14.8 Å². The third kappa shape index (κ3) is 4.17. The first-order valence-corrected chi connectivity index (χ1v) is 6.07. The smallest absolute Gasteiger partial charge is 0.231 e. The van der Waals surface area contributed by atoms with Crippen molar-refractivity contribution in [2.45, 2.75) is 20.1 Å². The van der Waals surface area contributed by atoms with Crippen LogP contribution in [0.25, 0.3) is 0 Å². The van der Waals surface area contributed by atoms with E-state index in [1.807, 2.05) is 13.8 Å². The van der Waals surface area contributed by atoms with Crippen LogP contribution in [0.1, 0.15) is 24.2 Å². The van der Waals surface area contributed by atoms with Crippen LogP contribution in [0, 0.1) is 0 Å². The van der Waals surface area contributed by atoms with E-state index in [1.54, 1.807) is 12.1 Å². The van der Waals surface area contributed by atoms with Crippen molar-refractivity contribution in [2.75, 3.05) is 20.0 Å². The van der Waals surface area contributed by atoms with Crippen molar-refractivity contribution in [3.63, 3.8) is 0 Å². The molecule has 0 radical (unpaired) electrons. The molecular formula is C13H17F2NO3. The molecule has 1 aliphatic rings. The Morgan fingerprint density at radius 2 is 2.05 bits per heavy atom. The van der Waals surface area contributed by atoms with Gasteiger partial charge in [0.25, 0.3) is 0 Å². The largest absolute Gasteiger partial charge is 0.454 e. The molecule has 6 heteroatoms. The first kappa shape index (κ1) is 15.4. The Morgan fingerprint density at radius 1 is 1.37 bits per heavy atom. The third-order valence-electron chi connectivity index (χ3n) is 2.31. The number of carbonyl (C=O) groups excluding carboxylic acids is 1. The van der Waals surface area contributed by atoms with Gasteiger partial charge in [0, 0.05) is 5.56 Å². The van der Waals surface area contributed by atoms with Crippen molar-refractivity contribution in [1.82, 2.24) is 5.32 Å². The van der Waals surface area contributed by atoms with E-state index < -0.39 is 13.0 Å². The normalized spacial score (nSPS) is 13.5. The fraction of sp³-hybridized carbons (Fsp3) is 0.462. The number of Topliss-reactive ketones (excluding diaryl/α,β-unsaturated/α-hetero) is 1. The molecule has 0 saturated heterocycles. The molecule has 0 amide bonds. The van der Waals surface area contributed by atoms with Gasteiger partial charge in [0.2, 0.25) is 6.79 Å². The summed E-state index contributed by atoms with van der Waals surface area (Å²) in [6.07, 6.45) is -1.81. The molecule has 0 aliphatic carbocycles. The lowest BCUT2D eigenvalue weighted by atomic mass is 10.1. The number of ether oxygens (including phenoxy) is 2. The Morgan fingerprint density at radius 3 is 2.74 bits per heavy atom. The van der Waals surface area contributed by atoms with Gasteiger partial charge in [-0.3, -0.25) is 10.1 Å². The third-order valence-corrected chi connectivity index (χ3v) is 2.31. The lowest BCUT2D eigenvalue weighted by Gasteiger charge is -2.06. The Balaban J connectivity index is 0.000000861. The Hall–Kier alpha value is -1.69. The molecule has 4 nitrogen and oxygen atoms in total. The maximum atomic E-state index is 12.5. The monoisotopic (exact) mass is 273 g/mol. The van der Waals surface area contributed by atoms with Crippen LogP contribution in [0.2, 0.25) is 0 Å². The average molecular weight is 273 g/mol. The van der Waals surface area contributed by atoms with Gasteiger partial charge in [-0.05, 0) is 18.2 Å². The molecule has 0 bridgehead atoms. The van der Waals surface area contributed by atoms with Crippen molar-refractivity contribution >= 4 is 5.78 Å². The van der Waals surface area contributed by atoms with E-state index in [9.17, 15) is 13.6 Å². The van der Waals surface area contributed by atoms with Gasteiger partial charge in [0.15, 0.2) is 23.6 Å². The molecule has 1 aromatic carbocycles. The first-order valence-electron chi connectivity index (χ1n) is 6.07. The maximum Gasteiger partial charge on any atom is 0.231 e. The fourth-order valence-corrected chi connectivity index (χ4v) is 1.43. The number of nitrogens with one attached hydrogen (secondary N) is 1. The second-order valence-corrected chi connectivity index (χ2v) is 3.49. The van der Waals surface area contributed by atoms with E-state index in [-0.39, 0.29) is 19.1 Å². The van der Waals surface area contributed by atoms with Gasteiger partial charge in [0.05, 0.1) is 6.54 Å². The zero-order valence-electron chi connectivity index (χ0n) is 10.9. The average Bonchev–Trinajstić information content (AvgIpc) is 2.93. The highest BCUT2D eigenvalue weighted by molar-refractivity contribution is 5.98. The van der Waals surface area contributed by atoms with Gasteiger partial charge < -0.3 is 9.47 Å². The molecule has 1 aromatic rings. The predicted molar refractivity (Wildman–Crippen MR) is 67.1 cm³/mol. The van der Waals surface area contributed by atoms with Crippen molar-refractivity contribution in [2.24, 2.45) is 0 Å². The molecule has 1 aliphatic heterocycles. The molecule has 1 atom stereocenters. The van der Waals surface area contributed by atoms with E-state index in [0.717, 1.165) is 0 Å². The van der Waals surface area contributed by atoms with E-state index in [2.05, 4.69) is 5.32 Å². The summed E-state index contributed by atoms with van der Waals surface area (Å²) in [6.45, 7) is 2.71. The molecule has 2 rings (SSSR count). The molecule has 1 heterocycles. The van der Waals surface area contributed by atoms with E-state index in [0.29, 0.717) is 17.1 Å².